The monoisotopic (exact) mass is 461 g/mol. The number of allylic oxidation sites excluding steroid dienone is 2. The van der Waals surface area contributed by atoms with Crippen LogP contribution in [0.25, 0.3) is 5.57 Å². The van der Waals surface area contributed by atoms with Crippen LogP contribution in [0.3, 0.4) is 0 Å². The molecule has 2 N–H and O–H groups in total. The maximum absolute atomic E-state index is 13.4. The number of aliphatic imine (C=N–C) groups is 1. The molecule has 1 aliphatic heterocycles. The van der Waals surface area contributed by atoms with Gasteiger partial charge in [-0.3, -0.25) is 9.69 Å². The second kappa shape index (κ2) is 8.36. The van der Waals surface area contributed by atoms with Crippen LogP contribution in [-0.4, -0.2) is 38.5 Å². The van der Waals surface area contributed by atoms with E-state index in [-0.39, 0.29) is 30.0 Å². The van der Waals surface area contributed by atoms with Gasteiger partial charge in [0.1, 0.15) is 5.75 Å². The van der Waals surface area contributed by atoms with Crippen LogP contribution in [0.5, 0.6) is 5.75 Å². The molecule has 1 aliphatic carbocycles. The second-order valence-electron chi connectivity index (χ2n) is 7.56. The minimum absolute atomic E-state index is 0. The number of carbonyl (C=O) groups is 1. The molecule has 1 heterocycles. The van der Waals surface area contributed by atoms with E-state index in [0.717, 1.165) is 31.1 Å². The van der Waals surface area contributed by atoms with Gasteiger partial charge in [-0.05, 0) is 59.7 Å². The Balaban J connectivity index is 0.00000272. The van der Waals surface area contributed by atoms with Gasteiger partial charge in [-0.25, -0.2) is 4.99 Å². The van der Waals surface area contributed by atoms with Crippen molar-refractivity contribution in [2.24, 2.45) is 10.7 Å². The fourth-order valence-corrected chi connectivity index (χ4v) is 4.46. The first-order valence-electron chi connectivity index (χ1n) is 9.64. The van der Waals surface area contributed by atoms with E-state index in [9.17, 15) is 13.2 Å². The number of hydrogen-bond donors (Lipinski definition) is 1. The van der Waals surface area contributed by atoms with Gasteiger partial charge in [0.2, 0.25) is 0 Å². The fraction of sp³-hybridized carbons (Fsp3) is 0.273. The molecule has 0 saturated carbocycles. The first-order chi connectivity index (χ1) is 14.2. The third-order valence-corrected chi connectivity index (χ3v) is 5.93. The van der Waals surface area contributed by atoms with Gasteiger partial charge < -0.3 is 9.92 Å². The van der Waals surface area contributed by atoms with Crippen LogP contribution in [0, 0.1) is 0 Å². The van der Waals surface area contributed by atoms with Crippen LogP contribution < -0.4 is 9.92 Å². The highest BCUT2D eigenvalue weighted by molar-refractivity contribution is 7.86. The zero-order valence-electron chi connectivity index (χ0n) is 17.2. The summed E-state index contributed by atoms with van der Waals surface area (Å²) < 4.78 is 28.2. The van der Waals surface area contributed by atoms with Crippen molar-refractivity contribution < 1.29 is 17.4 Å². The van der Waals surface area contributed by atoms with E-state index >= 15 is 0 Å². The van der Waals surface area contributed by atoms with Gasteiger partial charge in [-0.1, -0.05) is 36.4 Å². The molecule has 9 heteroatoms. The average molecular weight is 462 g/mol. The molecule has 0 aromatic heterocycles. The van der Waals surface area contributed by atoms with Crippen molar-refractivity contribution in [1.82, 2.24) is 4.90 Å². The van der Waals surface area contributed by atoms with E-state index in [1.54, 1.807) is 19.2 Å². The topological polar surface area (TPSA) is 102 Å². The molecule has 0 radical (unpaired) electrons. The number of nitrogens with two attached hydrogens (primary N) is 1. The molecule has 164 valence electrons. The normalized spacial score (nSPS) is 20.8. The summed E-state index contributed by atoms with van der Waals surface area (Å²) in [5, 5.41) is 0. The zero-order chi connectivity index (χ0) is 21.5. The zero-order valence-corrected chi connectivity index (χ0v) is 18.9. The third-order valence-electron chi connectivity index (χ3n) is 5.43. The highest BCUT2D eigenvalue weighted by Crippen LogP contribution is 2.41. The number of halogens is 1. The summed E-state index contributed by atoms with van der Waals surface area (Å²) in [4.78, 5) is 19.3. The molecule has 4 rings (SSSR count). The maximum Gasteiger partial charge on any atom is 0.306 e. The number of guanidine groups is 1. The highest BCUT2D eigenvalue weighted by Gasteiger charge is 2.49. The van der Waals surface area contributed by atoms with E-state index < -0.39 is 15.7 Å². The Morgan fingerprint density at radius 2 is 1.81 bits per heavy atom. The first kappa shape index (κ1) is 22.8. The quantitative estimate of drug-likeness (QED) is 0.689. The predicted molar refractivity (Wildman–Crippen MR) is 123 cm³/mol. The van der Waals surface area contributed by atoms with Crippen molar-refractivity contribution in [3.05, 3.63) is 71.3 Å². The van der Waals surface area contributed by atoms with Crippen molar-refractivity contribution in [3.8, 4) is 5.75 Å². The van der Waals surface area contributed by atoms with Gasteiger partial charge in [0.05, 0.1) is 6.26 Å². The Labute approximate surface area is 188 Å². The molecule has 1 atom stereocenters. The van der Waals surface area contributed by atoms with Crippen LogP contribution in [-0.2, 0) is 20.5 Å². The van der Waals surface area contributed by atoms with Gasteiger partial charge in [0.25, 0.3) is 5.91 Å². The lowest BCUT2D eigenvalue weighted by molar-refractivity contribution is -0.129. The van der Waals surface area contributed by atoms with E-state index in [2.05, 4.69) is 11.1 Å². The number of benzene rings is 2. The van der Waals surface area contributed by atoms with E-state index in [1.807, 2.05) is 24.3 Å². The molecule has 2 aliphatic rings. The Morgan fingerprint density at radius 3 is 2.39 bits per heavy atom. The van der Waals surface area contributed by atoms with E-state index in [1.165, 1.54) is 22.6 Å². The molecule has 0 saturated heterocycles. The Bertz CT molecular complexity index is 1190. The van der Waals surface area contributed by atoms with Crippen LogP contribution in [0.15, 0.2) is 59.6 Å². The van der Waals surface area contributed by atoms with E-state index in [4.69, 9.17) is 9.92 Å². The van der Waals surface area contributed by atoms with Crippen LogP contribution in [0.4, 0.5) is 0 Å². The van der Waals surface area contributed by atoms with Crippen molar-refractivity contribution >= 4 is 40.0 Å². The largest absolute Gasteiger partial charge is 0.383 e. The molecular formula is C22H24ClN3O4S. The molecule has 1 amide bonds. The number of amides is 1. The molecule has 31 heavy (non-hydrogen) atoms. The second-order valence-corrected chi connectivity index (χ2v) is 9.14. The number of carbonyl (C=O) groups excluding carboxylic acids is 1. The molecule has 0 spiro atoms. The van der Waals surface area contributed by atoms with Gasteiger partial charge in [-0.15, -0.1) is 12.4 Å². The lowest BCUT2D eigenvalue weighted by Gasteiger charge is -2.27. The molecule has 2 aromatic rings. The molecule has 2 aromatic carbocycles. The van der Waals surface area contributed by atoms with Gasteiger partial charge in [-0.2, -0.15) is 8.42 Å². The standard InChI is InChI=1S/C22H23N3O4S.ClH/c1-25-20(26)22(24-21(25)23,18-11-6-12-19(14-18)29-30(2,27)28)17-10-5-9-16(13-17)15-7-3-4-8-15;/h5-7,9-14H,3-4,8H2,1-2H3,(H2,23,24);1H. The molecule has 0 fully saturated rings. The van der Waals surface area contributed by atoms with E-state index in [0.29, 0.717) is 11.1 Å². The highest BCUT2D eigenvalue weighted by atomic mass is 35.5. The number of hydrogen-bond acceptors (Lipinski definition) is 6. The third kappa shape index (κ3) is 4.18. The van der Waals surface area contributed by atoms with Crippen molar-refractivity contribution in [2.45, 2.75) is 24.8 Å². The summed E-state index contributed by atoms with van der Waals surface area (Å²) in [7, 11) is -2.15. The first-order valence-corrected chi connectivity index (χ1v) is 11.5. The van der Waals surface area contributed by atoms with Gasteiger partial charge in [0, 0.05) is 7.05 Å². The summed E-state index contributed by atoms with van der Waals surface area (Å²) in [6, 6.07) is 14.1. The Hall–Kier alpha value is -2.84. The number of nitrogens with zero attached hydrogens (tertiary/aromatic N) is 2. The molecule has 0 bridgehead atoms. The molecular weight excluding hydrogens is 438 g/mol. The SMILES string of the molecule is CN1C(=O)C(c2cccc(OS(C)(=O)=O)c2)(c2cccc(C3=CCCC3)c2)N=C1N.Cl. The minimum Gasteiger partial charge on any atom is -0.383 e. The lowest BCUT2D eigenvalue weighted by Crippen LogP contribution is -2.41. The van der Waals surface area contributed by atoms with Crippen LogP contribution in [0.2, 0.25) is 0 Å². The summed E-state index contributed by atoms with van der Waals surface area (Å²) >= 11 is 0. The van der Waals surface area contributed by atoms with Crippen molar-refractivity contribution in [1.29, 1.82) is 0 Å². The minimum atomic E-state index is -3.72. The predicted octanol–water partition coefficient (Wildman–Crippen LogP) is 3.04. The maximum atomic E-state index is 13.4. The fourth-order valence-electron chi connectivity index (χ4n) is 4.01. The van der Waals surface area contributed by atoms with Crippen molar-refractivity contribution in [2.75, 3.05) is 13.3 Å². The summed E-state index contributed by atoms with van der Waals surface area (Å²) in [6.07, 6.45) is 6.34. The summed E-state index contributed by atoms with van der Waals surface area (Å²) in [5.74, 6) is -0.103. The molecule has 7 nitrogen and oxygen atoms in total. The smallest absolute Gasteiger partial charge is 0.306 e. The lowest BCUT2D eigenvalue weighted by atomic mass is 9.81. The average Bonchev–Trinajstić information content (AvgIpc) is 3.31. The van der Waals surface area contributed by atoms with Gasteiger partial charge in [0.15, 0.2) is 11.5 Å². The number of rotatable bonds is 5. The summed E-state index contributed by atoms with van der Waals surface area (Å²) in [6.45, 7) is 0. The Morgan fingerprint density at radius 1 is 1.13 bits per heavy atom. The van der Waals surface area contributed by atoms with Crippen molar-refractivity contribution in [3.63, 3.8) is 0 Å². The Kier molecular flexibility index (Phi) is 6.16. The van der Waals surface area contributed by atoms with Crippen LogP contribution in [0.1, 0.15) is 36.0 Å². The number of likely N-dealkylation sites (N-methyl/N-ethyl adjacent to an activating group) is 1. The van der Waals surface area contributed by atoms with Crippen LogP contribution >= 0.6 is 12.4 Å². The van der Waals surface area contributed by atoms with Gasteiger partial charge >= 0.3 is 10.1 Å². The summed E-state index contributed by atoms with van der Waals surface area (Å²) in [5.41, 5.74) is 8.07. The molecule has 1 unspecified atom stereocenters.